The van der Waals surface area contributed by atoms with E-state index in [1.165, 1.54) is 10.6 Å². The summed E-state index contributed by atoms with van der Waals surface area (Å²) in [4.78, 5) is 20.2. The molecule has 2 aromatic heterocycles. The van der Waals surface area contributed by atoms with E-state index in [9.17, 15) is 8.42 Å². The molecule has 0 spiro atoms. The molecule has 5 rings (SSSR count). The van der Waals surface area contributed by atoms with Crippen molar-refractivity contribution in [3.05, 3.63) is 66.2 Å². The van der Waals surface area contributed by atoms with Gasteiger partial charge in [-0.25, -0.2) is 22.7 Å². The van der Waals surface area contributed by atoms with Gasteiger partial charge in [-0.2, -0.15) is 9.97 Å². The highest BCUT2D eigenvalue weighted by Crippen LogP contribution is 2.36. The van der Waals surface area contributed by atoms with Crippen LogP contribution in [0.3, 0.4) is 0 Å². The number of hydrogen-bond acceptors (Lipinski definition) is 7. The number of sulfonamides is 1. The number of imidazole rings is 1. The fraction of sp³-hybridized carbons (Fsp3) is 0.100. The number of nitrogens with zero attached hydrogens (tertiary/aromatic N) is 5. The Balaban J connectivity index is 1.64. The molecule has 11 heteroatoms. The normalized spacial score (nSPS) is 15.9. The molecule has 1 unspecified atom stereocenters. The lowest BCUT2D eigenvalue weighted by Gasteiger charge is -2.33. The van der Waals surface area contributed by atoms with Gasteiger partial charge in [0.15, 0.2) is 11.5 Å². The zero-order valence-electron chi connectivity index (χ0n) is 16.2. The van der Waals surface area contributed by atoms with Crippen molar-refractivity contribution in [3.63, 3.8) is 0 Å². The van der Waals surface area contributed by atoms with Crippen LogP contribution in [0, 0.1) is 0 Å². The third kappa shape index (κ3) is 3.29. The molecule has 0 fully saturated rings. The van der Waals surface area contributed by atoms with Gasteiger partial charge in [-0.1, -0.05) is 30.3 Å². The molecule has 9 nitrogen and oxygen atoms in total. The van der Waals surface area contributed by atoms with Crippen LogP contribution in [0.1, 0.15) is 6.92 Å². The minimum atomic E-state index is -3.88. The Morgan fingerprint density at radius 1 is 1.06 bits per heavy atom. The first-order valence-electron chi connectivity index (χ1n) is 9.36. The molecular formula is C20H16ClN7O2S. The molecule has 0 radical (unpaired) electrons. The van der Waals surface area contributed by atoms with Crippen molar-refractivity contribution in [2.75, 3.05) is 9.62 Å². The first kappa shape index (κ1) is 19.5. The van der Waals surface area contributed by atoms with Gasteiger partial charge in [0.05, 0.1) is 23.7 Å². The van der Waals surface area contributed by atoms with Gasteiger partial charge in [-0.05, 0) is 42.8 Å². The van der Waals surface area contributed by atoms with Gasteiger partial charge in [-0.15, -0.1) is 0 Å². The monoisotopic (exact) mass is 453 g/mol. The fourth-order valence-electron chi connectivity index (χ4n) is 3.45. The van der Waals surface area contributed by atoms with E-state index < -0.39 is 16.1 Å². The van der Waals surface area contributed by atoms with E-state index in [-0.39, 0.29) is 10.2 Å². The molecule has 1 atom stereocenters. The lowest BCUT2D eigenvalue weighted by Crippen LogP contribution is -2.47. The van der Waals surface area contributed by atoms with Crippen LogP contribution in [0.5, 0.6) is 0 Å². The molecule has 31 heavy (non-hydrogen) atoms. The maximum absolute atomic E-state index is 13.6. The summed E-state index contributed by atoms with van der Waals surface area (Å²) in [6, 6.07) is 14.9. The number of amidine groups is 1. The Hall–Kier alpha value is -3.50. The molecule has 1 aliphatic rings. The number of para-hydroxylation sites is 2. The highest BCUT2D eigenvalue weighted by atomic mass is 35.5. The largest absolute Gasteiger partial charge is 0.358 e. The Bertz CT molecular complexity index is 1420. The number of nitrogens with one attached hydrogen (secondary N) is 2. The minimum absolute atomic E-state index is 0.0257. The first-order valence-corrected chi connectivity index (χ1v) is 11.2. The van der Waals surface area contributed by atoms with Gasteiger partial charge in [0, 0.05) is 0 Å². The van der Waals surface area contributed by atoms with E-state index in [1.807, 2.05) is 6.07 Å². The van der Waals surface area contributed by atoms with Crippen LogP contribution in [0.4, 0.5) is 17.2 Å². The zero-order chi connectivity index (χ0) is 21.6. The standard InChI is InChI=1S/C20H16ClN7O2S/c1-12(24-18-16-17(23-11-22-16)26-20(21)27-18)19-25-14-9-5-6-10-15(14)31(29,30)28(19)13-7-3-2-4-8-13/h2-12H,1H3,(H2,22,23,24,26,27). The average Bonchev–Trinajstić information content (AvgIpc) is 3.22. The zero-order valence-corrected chi connectivity index (χ0v) is 17.8. The van der Waals surface area contributed by atoms with E-state index in [1.54, 1.807) is 55.5 Å². The second-order valence-electron chi connectivity index (χ2n) is 6.85. The fourth-order valence-corrected chi connectivity index (χ4v) is 5.28. The maximum Gasteiger partial charge on any atom is 0.271 e. The maximum atomic E-state index is 13.6. The van der Waals surface area contributed by atoms with Gasteiger partial charge < -0.3 is 10.3 Å². The summed E-state index contributed by atoms with van der Waals surface area (Å²) in [6.07, 6.45) is 1.49. The van der Waals surface area contributed by atoms with Gasteiger partial charge >= 0.3 is 0 Å². The molecule has 2 N–H and O–H groups in total. The topological polar surface area (TPSA) is 116 Å². The summed E-state index contributed by atoms with van der Waals surface area (Å²) in [5, 5.41) is 3.23. The van der Waals surface area contributed by atoms with Crippen LogP contribution in [-0.2, 0) is 10.0 Å². The van der Waals surface area contributed by atoms with Gasteiger partial charge in [0.1, 0.15) is 16.2 Å². The van der Waals surface area contributed by atoms with E-state index in [0.717, 1.165) is 0 Å². The smallest absolute Gasteiger partial charge is 0.271 e. The van der Waals surface area contributed by atoms with Crippen LogP contribution >= 0.6 is 11.6 Å². The molecule has 1 aliphatic heterocycles. The highest BCUT2D eigenvalue weighted by Gasteiger charge is 2.37. The number of hydrogen-bond donors (Lipinski definition) is 2. The summed E-state index contributed by atoms with van der Waals surface area (Å²) >= 11 is 6.03. The summed E-state index contributed by atoms with van der Waals surface area (Å²) < 4.78 is 28.4. The SMILES string of the molecule is CC(Nc1nc(Cl)nc2nc[nH]c12)C1=Nc2ccccc2S(=O)(=O)N1c1ccccc1. The van der Waals surface area contributed by atoms with Crippen LogP contribution in [-0.4, -0.2) is 40.2 Å². The lowest BCUT2D eigenvalue weighted by molar-refractivity contribution is 0.596. The molecule has 0 aliphatic carbocycles. The summed E-state index contributed by atoms with van der Waals surface area (Å²) in [7, 11) is -3.88. The number of aliphatic imine (C=N–C) groups is 1. The van der Waals surface area contributed by atoms with E-state index >= 15 is 0 Å². The Morgan fingerprint density at radius 2 is 1.81 bits per heavy atom. The second-order valence-corrected chi connectivity index (χ2v) is 8.94. The average molecular weight is 454 g/mol. The van der Waals surface area contributed by atoms with E-state index in [2.05, 4.69) is 30.2 Å². The van der Waals surface area contributed by atoms with Crippen molar-refractivity contribution in [1.82, 2.24) is 19.9 Å². The Kier molecular flexibility index (Phi) is 4.60. The van der Waals surface area contributed by atoms with Crippen LogP contribution in [0.2, 0.25) is 5.28 Å². The van der Waals surface area contributed by atoms with E-state index in [4.69, 9.17) is 11.6 Å². The van der Waals surface area contributed by atoms with Crippen molar-refractivity contribution in [2.45, 2.75) is 17.9 Å². The number of fused-ring (bicyclic) bond motifs is 2. The van der Waals surface area contributed by atoms with Crippen molar-refractivity contribution < 1.29 is 8.42 Å². The molecule has 0 bridgehead atoms. The Morgan fingerprint density at radius 3 is 2.61 bits per heavy atom. The quantitative estimate of drug-likeness (QED) is 0.454. The number of H-pyrrole nitrogens is 1. The summed E-state index contributed by atoms with van der Waals surface area (Å²) in [5.74, 6) is 0.694. The number of benzene rings is 2. The second kappa shape index (κ2) is 7.33. The summed E-state index contributed by atoms with van der Waals surface area (Å²) in [5.41, 5.74) is 1.82. The van der Waals surface area contributed by atoms with Gasteiger partial charge in [-0.3, -0.25) is 0 Å². The van der Waals surface area contributed by atoms with Crippen LogP contribution in [0.15, 0.2) is 70.8 Å². The van der Waals surface area contributed by atoms with E-state index in [0.29, 0.717) is 34.2 Å². The predicted octanol–water partition coefficient (Wildman–Crippen LogP) is 3.75. The number of rotatable bonds is 4. The first-order chi connectivity index (χ1) is 14.9. The Labute approximate surface area is 182 Å². The molecule has 3 heterocycles. The minimum Gasteiger partial charge on any atom is -0.358 e. The molecule has 156 valence electrons. The number of anilines is 2. The molecule has 0 saturated heterocycles. The number of aromatic nitrogens is 4. The van der Waals surface area contributed by atoms with Gasteiger partial charge in [0.2, 0.25) is 5.28 Å². The third-order valence-corrected chi connectivity index (χ3v) is 6.76. The van der Waals surface area contributed by atoms with Crippen molar-refractivity contribution in [1.29, 1.82) is 0 Å². The molecule has 0 saturated carbocycles. The van der Waals surface area contributed by atoms with Crippen molar-refractivity contribution >= 4 is 55.8 Å². The van der Waals surface area contributed by atoms with Gasteiger partial charge in [0.25, 0.3) is 10.0 Å². The number of aromatic amines is 1. The third-order valence-electron chi connectivity index (χ3n) is 4.82. The predicted molar refractivity (Wildman–Crippen MR) is 119 cm³/mol. The number of halogens is 1. The highest BCUT2D eigenvalue weighted by molar-refractivity contribution is 7.93. The molecule has 4 aromatic rings. The van der Waals surface area contributed by atoms with Crippen molar-refractivity contribution in [3.8, 4) is 0 Å². The molecular weight excluding hydrogens is 438 g/mol. The lowest BCUT2D eigenvalue weighted by atomic mass is 10.2. The van der Waals surface area contributed by atoms with Crippen molar-refractivity contribution in [2.24, 2.45) is 4.99 Å². The van der Waals surface area contributed by atoms with Crippen LogP contribution < -0.4 is 9.62 Å². The molecule has 2 aromatic carbocycles. The van der Waals surface area contributed by atoms with Crippen LogP contribution in [0.25, 0.3) is 11.2 Å². The molecule has 0 amide bonds. The summed E-state index contributed by atoms with van der Waals surface area (Å²) in [6.45, 7) is 1.80.